The summed E-state index contributed by atoms with van der Waals surface area (Å²) in [6.07, 6.45) is -2.54. The lowest BCUT2D eigenvalue weighted by Crippen LogP contribution is -2.47. The summed E-state index contributed by atoms with van der Waals surface area (Å²) in [5, 5.41) is 15.6. The number of anilines is 1. The van der Waals surface area contributed by atoms with E-state index in [9.17, 15) is 32.3 Å². The van der Waals surface area contributed by atoms with Crippen LogP contribution < -0.4 is 20.9 Å². The summed E-state index contributed by atoms with van der Waals surface area (Å²) in [5.41, 5.74) is 2.25. The van der Waals surface area contributed by atoms with Crippen LogP contribution in [0.5, 0.6) is 5.75 Å². The molecule has 1 saturated heterocycles. The van der Waals surface area contributed by atoms with E-state index < -0.39 is 24.7 Å². The number of carboxylic acids is 2. The van der Waals surface area contributed by atoms with Gasteiger partial charge in [0, 0.05) is 56.1 Å². The molecule has 11 nitrogen and oxygen atoms in total. The number of alkyl halides is 3. The van der Waals surface area contributed by atoms with E-state index in [1.54, 1.807) is 35.8 Å². The fourth-order valence-corrected chi connectivity index (χ4v) is 4.91. The lowest BCUT2D eigenvalue weighted by Gasteiger charge is -2.36. The van der Waals surface area contributed by atoms with Crippen LogP contribution in [0.1, 0.15) is 23.2 Å². The van der Waals surface area contributed by atoms with Crippen molar-refractivity contribution in [2.45, 2.75) is 39.5 Å². The number of halogens is 3. The lowest BCUT2D eigenvalue weighted by atomic mass is 10.2. The number of para-hydroxylation sites is 2. The van der Waals surface area contributed by atoms with Crippen LogP contribution in [0.2, 0.25) is 0 Å². The predicted molar refractivity (Wildman–Crippen MR) is 166 cm³/mol. The van der Waals surface area contributed by atoms with E-state index in [0.29, 0.717) is 48.7 Å². The Morgan fingerprint density at radius 1 is 0.848 bits per heavy atom. The van der Waals surface area contributed by atoms with E-state index in [4.69, 9.17) is 14.9 Å². The van der Waals surface area contributed by atoms with Gasteiger partial charge in [-0.25, -0.2) is 14.4 Å². The standard InChI is InChI=1S/C28H33F3N4O3.C4H4O4/c1-21-22(2)34(27(37)35(26(21)36)19-23-9-4-3-5-10-23)14-8-13-32-15-17-33(18-16-32)24-11-6-7-12-25(24)38-20-28(29,30)31;5-3(6)1-2-4(7)8/h3-7,9-12H,8,13-20H2,1-2H3;1-2H,(H,5,6)(H,7,8)/b;2-1+. The Morgan fingerprint density at radius 3 is 2.02 bits per heavy atom. The van der Waals surface area contributed by atoms with E-state index in [1.165, 1.54) is 4.57 Å². The first kappa shape index (κ1) is 35.6. The molecule has 0 bridgehead atoms. The molecule has 0 saturated carbocycles. The fraction of sp³-hybridized carbons (Fsp3) is 0.375. The quantitative estimate of drug-likeness (QED) is 0.300. The number of hydrogen-bond acceptors (Lipinski definition) is 7. The summed E-state index contributed by atoms with van der Waals surface area (Å²) in [7, 11) is 0. The largest absolute Gasteiger partial charge is 0.482 e. The number of benzene rings is 2. The highest BCUT2D eigenvalue weighted by Gasteiger charge is 2.29. The van der Waals surface area contributed by atoms with Crippen LogP contribution in [0.15, 0.2) is 76.3 Å². The molecule has 14 heteroatoms. The average Bonchev–Trinajstić information content (AvgIpc) is 3.03. The zero-order valence-corrected chi connectivity index (χ0v) is 25.6. The smallest absolute Gasteiger partial charge is 0.422 e. The molecule has 0 aliphatic carbocycles. The molecular formula is C32H37F3N4O7. The zero-order valence-electron chi connectivity index (χ0n) is 25.6. The number of aliphatic carboxylic acids is 2. The highest BCUT2D eigenvalue weighted by Crippen LogP contribution is 2.30. The normalized spacial score (nSPS) is 13.7. The summed E-state index contributed by atoms with van der Waals surface area (Å²) in [6.45, 7) is 6.54. The van der Waals surface area contributed by atoms with Gasteiger partial charge < -0.3 is 19.8 Å². The highest BCUT2D eigenvalue weighted by atomic mass is 19.4. The topological polar surface area (TPSA) is 134 Å². The highest BCUT2D eigenvalue weighted by molar-refractivity contribution is 5.89. The molecule has 0 unspecified atom stereocenters. The minimum atomic E-state index is -4.39. The van der Waals surface area contributed by atoms with Crippen molar-refractivity contribution in [2.24, 2.45) is 0 Å². The van der Waals surface area contributed by atoms with Crippen LogP contribution in [0, 0.1) is 13.8 Å². The number of carboxylic acid groups (broad SMARTS) is 2. The van der Waals surface area contributed by atoms with Gasteiger partial charge in [0.05, 0.1) is 12.2 Å². The van der Waals surface area contributed by atoms with Gasteiger partial charge in [-0.15, -0.1) is 0 Å². The van der Waals surface area contributed by atoms with Gasteiger partial charge in [-0.1, -0.05) is 42.5 Å². The van der Waals surface area contributed by atoms with Crippen molar-refractivity contribution in [1.82, 2.24) is 14.0 Å². The molecule has 2 N–H and O–H groups in total. The van der Waals surface area contributed by atoms with Crippen LogP contribution in [0.3, 0.4) is 0 Å². The molecule has 0 amide bonds. The molecule has 4 rings (SSSR count). The number of carbonyl (C=O) groups is 2. The van der Waals surface area contributed by atoms with Crippen molar-refractivity contribution in [2.75, 3.05) is 44.2 Å². The monoisotopic (exact) mass is 646 g/mol. The van der Waals surface area contributed by atoms with Crippen molar-refractivity contribution in [1.29, 1.82) is 0 Å². The lowest BCUT2D eigenvalue weighted by molar-refractivity contribution is -0.153. The Labute approximate surface area is 263 Å². The fourth-order valence-electron chi connectivity index (χ4n) is 4.91. The molecule has 0 spiro atoms. The Hall–Kier alpha value is -4.85. The van der Waals surface area contributed by atoms with Gasteiger partial charge in [-0.2, -0.15) is 13.2 Å². The number of aromatic nitrogens is 2. The van der Waals surface area contributed by atoms with Gasteiger partial charge >= 0.3 is 23.8 Å². The van der Waals surface area contributed by atoms with Crippen molar-refractivity contribution < 1.29 is 37.7 Å². The van der Waals surface area contributed by atoms with Crippen LogP contribution in [-0.2, 0) is 22.7 Å². The third-order valence-electron chi connectivity index (χ3n) is 7.35. The molecule has 3 aromatic rings. The van der Waals surface area contributed by atoms with Crippen LogP contribution in [0.4, 0.5) is 18.9 Å². The molecule has 0 radical (unpaired) electrons. The second-order valence-electron chi connectivity index (χ2n) is 10.6. The first-order chi connectivity index (χ1) is 21.8. The zero-order chi connectivity index (χ0) is 33.9. The molecule has 2 heterocycles. The maximum absolute atomic E-state index is 13.2. The second kappa shape index (κ2) is 16.5. The second-order valence-corrected chi connectivity index (χ2v) is 10.6. The molecule has 2 aromatic carbocycles. The molecule has 1 aromatic heterocycles. The van der Waals surface area contributed by atoms with E-state index in [2.05, 4.69) is 4.90 Å². The van der Waals surface area contributed by atoms with Gasteiger partial charge in [0.2, 0.25) is 0 Å². The van der Waals surface area contributed by atoms with Gasteiger partial charge in [-0.05, 0) is 44.5 Å². The van der Waals surface area contributed by atoms with E-state index in [-0.39, 0.29) is 23.5 Å². The molecule has 248 valence electrons. The van der Waals surface area contributed by atoms with Gasteiger partial charge in [-0.3, -0.25) is 18.8 Å². The third kappa shape index (κ3) is 10.6. The third-order valence-corrected chi connectivity index (χ3v) is 7.35. The SMILES string of the molecule is Cc1c(C)n(CCCN2CCN(c3ccccc3OCC(F)(F)F)CC2)c(=O)n(Cc2ccccc2)c1=O.O=C(O)/C=C/C(=O)O. The molecule has 1 aliphatic heterocycles. The maximum atomic E-state index is 13.2. The molecule has 46 heavy (non-hydrogen) atoms. The first-order valence-electron chi connectivity index (χ1n) is 14.5. The summed E-state index contributed by atoms with van der Waals surface area (Å²) in [5.74, 6) is -2.28. The Kier molecular flexibility index (Phi) is 12.7. The Balaban J connectivity index is 0.000000637. The van der Waals surface area contributed by atoms with Crippen molar-refractivity contribution in [3.63, 3.8) is 0 Å². The average molecular weight is 647 g/mol. The number of ether oxygens (including phenoxy) is 1. The van der Waals surface area contributed by atoms with E-state index in [0.717, 1.165) is 31.6 Å². The first-order valence-corrected chi connectivity index (χ1v) is 14.5. The summed E-state index contributed by atoms with van der Waals surface area (Å²) in [4.78, 5) is 49.5. The van der Waals surface area contributed by atoms with E-state index in [1.807, 2.05) is 42.2 Å². The molecule has 0 atom stereocenters. The van der Waals surface area contributed by atoms with Crippen molar-refractivity contribution in [3.05, 3.63) is 104 Å². The van der Waals surface area contributed by atoms with E-state index >= 15 is 0 Å². The van der Waals surface area contributed by atoms with Crippen LogP contribution >= 0.6 is 0 Å². The summed E-state index contributed by atoms with van der Waals surface area (Å²) < 4.78 is 45.9. The number of nitrogens with zero attached hydrogens (tertiary/aromatic N) is 4. The number of hydrogen-bond donors (Lipinski definition) is 2. The predicted octanol–water partition coefficient (Wildman–Crippen LogP) is 3.54. The van der Waals surface area contributed by atoms with Crippen LogP contribution in [0.25, 0.3) is 0 Å². The van der Waals surface area contributed by atoms with Gasteiger partial charge in [0.15, 0.2) is 6.61 Å². The minimum absolute atomic E-state index is 0.231. The molecule has 1 fully saturated rings. The van der Waals surface area contributed by atoms with Gasteiger partial charge in [0.1, 0.15) is 5.75 Å². The Bertz CT molecular complexity index is 1610. The number of rotatable bonds is 11. The summed E-state index contributed by atoms with van der Waals surface area (Å²) >= 11 is 0. The number of piperazine rings is 1. The van der Waals surface area contributed by atoms with Crippen LogP contribution in [-0.4, -0.2) is 81.7 Å². The molecular weight excluding hydrogens is 609 g/mol. The molecule has 1 aliphatic rings. The Morgan fingerprint density at radius 2 is 1.43 bits per heavy atom. The minimum Gasteiger partial charge on any atom is -0.482 e. The van der Waals surface area contributed by atoms with Crippen molar-refractivity contribution in [3.8, 4) is 5.75 Å². The maximum Gasteiger partial charge on any atom is 0.422 e. The van der Waals surface area contributed by atoms with Crippen molar-refractivity contribution >= 4 is 17.6 Å². The van der Waals surface area contributed by atoms with Gasteiger partial charge in [0.25, 0.3) is 5.56 Å². The summed E-state index contributed by atoms with van der Waals surface area (Å²) in [6, 6.07) is 16.3.